The van der Waals surface area contributed by atoms with E-state index in [1.807, 2.05) is 0 Å². The summed E-state index contributed by atoms with van der Waals surface area (Å²) in [7, 11) is 0. The average molecular weight is 257 g/mol. The number of nitrogens with zero attached hydrogens (tertiary/aromatic N) is 1. The van der Waals surface area contributed by atoms with E-state index in [0.29, 0.717) is 18.5 Å². The standard InChI is InChI=1S/C12H17F2N3O/c13-10-4-5-11(14)9(7-10)8-16-6-2-1-3-12(15)17-18/h4-5,7,16,18H,1-3,6,8H2,(H2,15,17). The highest BCUT2D eigenvalue weighted by atomic mass is 19.1. The normalized spacial score (nSPS) is 11.8. The van der Waals surface area contributed by atoms with Gasteiger partial charge < -0.3 is 16.3 Å². The van der Waals surface area contributed by atoms with E-state index < -0.39 is 11.6 Å². The van der Waals surface area contributed by atoms with Gasteiger partial charge in [-0.1, -0.05) is 5.16 Å². The van der Waals surface area contributed by atoms with E-state index in [1.54, 1.807) is 0 Å². The lowest BCUT2D eigenvalue weighted by Crippen LogP contribution is -2.17. The van der Waals surface area contributed by atoms with Gasteiger partial charge in [0.25, 0.3) is 0 Å². The van der Waals surface area contributed by atoms with Crippen molar-refractivity contribution in [2.75, 3.05) is 6.54 Å². The molecule has 0 heterocycles. The Labute approximate surface area is 104 Å². The van der Waals surface area contributed by atoms with Gasteiger partial charge in [-0.05, 0) is 37.6 Å². The molecule has 0 aliphatic carbocycles. The van der Waals surface area contributed by atoms with E-state index in [1.165, 1.54) is 6.07 Å². The summed E-state index contributed by atoms with van der Waals surface area (Å²) in [5.74, 6) is -0.660. The van der Waals surface area contributed by atoms with E-state index in [9.17, 15) is 8.78 Å². The van der Waals surface area contributed by atoms with Gasteiger partial charge >= 0.3 is 0 Å². The fourth-order valence-corrected chi connectivity index (χ4v) is 1.51. The fourth-order valence-electron chi connectivity index (χ4n) is 1.51. The molecule has 0 aliphatic rings. The Morgan fingerprint density at radius 2 is 2.11 bits per heavy atom. The molecule has 18 heavy (non-hydrogen) atoms. The largest absolute Gasteiger partial charge is 0.409 e. The number of hydrogen-bond acceptors (Lipinski definition) is 3. The lowest BCUT2D eigenvalue weighted by Gasteiger charge is -2.06. The zero-order chi connectivity index (χ0) is 13.4. The first-order valence-electron chi connectivity index (χ1n) is 5.74. The Morgan fingerprint density at radius 3 is 2.83 bits per heavy atom. The molecule has 0 aromatic heterocycles. The Bertz CT molecular complexity index is 410. The predicted molar refractivity (Wildman–Crippen MR) is 65.3 cm³/mol. The Kier molecular flexibility index (Phi) is 6.07. The van der Waals surface area contributed by atoms with Gasteiger partial charge in [-0.25, -0.2) is 8.78 Å². The minimum absolute atomic E-state index is 0.200. The summed E-state index contributed by atoms with van der Waals surface area (Å²) in [6.07, 6.45) is 2.11. The van der Waals surface area contributed by atoms with E-state index >= 15 is 0 Å². The highest BCUT2D eigenvalue weighted by molar-refractivity contribution is 5.79. The van der Waals surface area contributed by atoms with E-state index in [0.717, 1.165) is 25.0 Å². The SMILES string of the molecule is NC(CCCCNCc1cc(F)ccc1F)=NO. The topological polar surface area (TPSA) is 70.6 Å². The Balaban J connectivity index is 2.20. The van der Waals surface area contributed by atoms with Crippen LogP contribution in [0.15, 0.2) is 23.4 Å². The van der Waals surface area contributed by atoms with Gasteiger partial charge in [0.2, 0.25) is 0 Å². The van der Waals surface area contributed by atoms with Crippen LogP contribution in [0.3, 0.4) is 0 Å². The molecule has 4 nitrogen and oxygen atoms in total. The number of benzene rings is 1. The third kappa shape index (κ3) is 5.09. The number of rotatable bonds is 7. The van der Waals surface area contributed by atoms with Crippen LogP contribution in [0.5, 0.6) is 0 Å². The van der Waals surface area contributed by atoms with Crippen molar-refractivity contribution in [3.05, 3.63) is 35.4 Å². The molecule has 6 heteroatoms. The fraction of sp³-hybridized carbons (Fsp3) is 0.417. The molecule has 0 aliphatic heterocycles. The first kappa shape index (κ1) is 14.4. The predicted octanol–water partition coefficient (Wildman–Crippen LogP) is 1.97. The number of halogens is 2. The Morgan fingerprint density at radius 1 is 1.33 bits per heavy atom. The van der Waals surface area contributed by atoms with Gasteiger partial charge in [0.15, 0.2) is 0 Å². The molecule has 0 saturated carbocycles. The zero-order valence-electron chi connectivity index (χ0n) is 10.00. The molecule has 4 N–H and O–H groups in total. The van der Waals surface area contributed by atoms with Crippen LogP contribution in [0.2, 0.25) is 0 Å². The molecule has 0 bridgehead atoms. The average Bonchev–Trinajstić information content (AvgIpc) is 2.37. The first-order chi connectivity index (χ1) is 8.63. The maximum Gasteiger partial charge on any atom is 0.139 e. The molecule has 0 saturated heterocycles. The molecule has 0 fully saturated rings. The summed E-state index contributed by atoms with van der Waals surface area (Å²) < 4.78 is 26.1. The molecule has 0 atom stereocenters. The van der Waals surface area contributed by atoms with Crippen molar-refractivity contribution < 1.29 is 14.0 Å². The minimum atomic E-state index is -0.444. The lowest BCUT2D eigenvalue weighted by molar-refractivity contribution is 0.316. The van der Waals surface area contributed by atoms with Crippen molar-refractivity contribution in [1.82, 2.24) is 5.32 Å². The summed E-state index contributed by atoms with van der Waals surface area (Å²) in [5, 5.41) is 14.2. The third-order valence-corrected chi connectivity index (χ3v) is 2.49. The monoisotopic (exact) mass is 257 g/mol. The van der Waals surface area contributed by atoms with Gasteiger partial charge in [0, 0.05) is 18.5 Å². The highest BCUT2D eigenvalue weighted by Gasteiger charge is 2.03. The number of unbranched alkanes of at least 4 members (excludes halogenated alkanes) is 1. The van der Waals surface area contributed by atoms with E-state index in [-0.39, 0.29) is 12.4 Å². The molecular formula is C12H17F2N3O. The van der Waals surface area contributed by atoms with E-state index in [2.05, 4.69) is 10.5 Å². The second kappa shape index (κ2) is 7.60. The molecule has 1 aromatic carbocycles. The van der Waals surface area contributed by atoms with Crippen molar-refractivity contribution in [1.29, 1.82) is 0 Å². The molecule has 0 unspecified atom stereocenters. The van der Waals surface area contributed by atoms with Crippen LogP contribution in [0.4, 0.5) is 8.78 Å². The smallest absolute Gasteiger partial charge is 0.139 e. The number of amidine groups is 1. The molecule has 0 amide bonds. The summed E-state index contributed by atoms with van der Waals surface area (Å²) in [6, 6.07) is 3.39. The van der Waals surface area contributed by atoms with Crippen molar-refractivity contribution in [2.45, 2.75) is 25.8 Å². The van der Waals surface area contributed by atoms with Gasteiger partial charge in [0.1, 0.15) is 17.5 Å². The molecule has 1 aromatic rings. The highest BCUT2D eigenvalue weighted by Crippen LogP contribution is 2.09. The van der Waals surface area contributed by atoms with Crippen LogP contribution in [-0.4, -0.2) is 17.6 Å². The van der Waals surface area contributed by atoms with Gasteiger partial charge in [-0.2, -0.15) is 0 Å². The number of hydrogen-bond donors (Lipinski definition) is 3. The van der Waals surface area contributed by atoms with E-state index in [4.69, 9.17) is 10.9 Å². The number of oxime groups is 1. The van der Waals surface area contributed by atoms with Crippen LogP contribution in [0, 0.1) is 11.6 Å². The van der Waals surface area contributed by atoms with Gasteiger partial charge in [0.05, 0.1) is 0 Å². The number of nitrogens with one attached hydrogen (secondary N) is 1. The first-order valence-corrected chi connectivity index (χ1v) is 5.74. The van der Waals surface area contributed by atoms with Crippen molar-refractivity contribution in [3.63, 3.8) is 0 Å². The zero-order valence-corrected chi connectivity index (χ0v) is 10.00. The van der Waals surface area contributed by atoms with Gasteiger partial charge in [-0.15, -0.1) is 0 Å². The van der Waals surface area contributed by atoms with Crippen LogP contribution in [0.1, 0.15) is 24.8 Å². The molecular weight excluding hydrogens is 240 g/mol. The Hall–Kier alpha value is -1.69. The summed E-state index contributed by atoms with van der Waals surface area (Å²) in [6.45, 7) is 0.946. The summed E-state index contributed by atoms with van der Waals surface area (Å²) in [5.41, 5.74) is 5.62. The van der Waals surface area contributed by atoms with Gasteiger partial charge in [-0.3, -0.25) is 0 Å². The van der Waals surface area contributed by atoms with Crippen molar-refractivity contribution in [2.24, 2.45) is 10.9 Å². The summed E-state index contributed by atoms with van der Waals surface area (Å²) in [4.78, 5) is 0. The minimum Gasteiger partial charge on any atom is -0.409 e. The second-order valence-electron chi connectivity index (χ2n) is 3.96. The second-order valence-corrected chi connectivity index (χ2v) is 3.96. The van der Waals surface area contributed by atoms with Crippen molar-refractivity contribution >= 4 is 5.84 Å². The number of nitrogens with two attached hydrogens (primary N) is 1. The lowest BCUT2D eigenvalue weighted by atomic mass is 10.2. The third-order valence-electron chi connectivity index (χ3n) is 2.49. The quantitative estimate of drug-likeness (QED) is 0.230. The maximum atomic E-state index is 13.2. The van der Waals surface area contributed by atoms with Crippen LogP contribution in [-0.2, 0) is 6.54 Å². The van der Waals surface area contributed by atoms with Crippen molar-refractivity contribution in [3.8, 4) is 0 Å². The summed E-state index contributed by atoms with van der Waals surface area (Å²) >= 11 is 0. The van der Waals surface area contributed by atoms with Crippen LogP contribution >= 0.6 is 0 Å². The molecule has 100 valence electrons. The molecule has 0 radical (unpaired) electrons. The maximum absolute atomic E-state index is 13.2. The molecule has 1 rings (SSSR count). The van der Waals surface area contributed by atoms with Crippen LogP contribution < -0.4 is 11.1 Å². The molecule has 0 spiro atoms. The van der Waals surface area contributed by atoms with Crippen LogP contribution in [0.25, 0.3) is 0 Å².